The Hall–Kier alpha value is -0.870. The van der Waals surface area contributed by atoms with E-state index >= 15 is 0 Å². The lowest BCUT2D eigenvalue weighted by atomic mass is 10.2. The molecule has 0 aromatic carbocycles. The number of hydrogen-bond donors (Lipinski definition) is 1. The molecule has 0 saturated carbocycles. The maximum Gasteiger partial charge on any atom is 0.336 e. The lowest BCUT2D eigenvalue weighted by Crippen LogP contribution is -2.18. The largest absolute Gasteiger partial charge is 0.463 e. The van der Waals surface area contributed by atoms with Gasteiger partial charge in [-0.2, -0.15) is 0 Å². The Balaban J connectivity index is 3.92. The summed E-state index contributed by atoms with van der Waals surface area (Å²) in [5, 5.41) is 8.15. The fourth-order valence-corrected chi connectivity index (χ4v) is 0.453. The van der Waals surface area contributed by atoms with Crippen molar-refractivity contribution in [1.82, 2.24) is 0 Å². The van der Waals surface area contributed by atoms with Crippen LogP contribution in [0.15, 0.2) is 12.2 Å². The zero-order valence-corrected chi connectivity index (χ0v) is 6.66. The molecule has 0 spiro atoms. The summed E-state index contributed by atoms with van der Waals surface area (Å²) in [6, 6.07) is 0. The van der Waals surface area contributed by atoms with Crippen LogP contribution in [0.2, 0.25) is 0 Å². The number of esters is 1. The molecule has 0 aliphatic heterocycles. The molecule has 0 saturated heterocycles. The Morgan fingerprint density at radius 1 is 1.73 bits per heavy atom. The van der Waals surface area contributed by atoms with Gasteiger partial charge >= 0.3 is 5.97 Å². The highest BCUT2D eigenvalue weighted by atomic mass is 17.1. The minimum Gasteiger partial charge on any atom is -0.463 e. The number of carbonyl (C=O) groups is 1. The van der Waals surface area contributed by atoms with Gasteiger partial charge in [0.1, 0.15) is 6.10 Å². The summed E-state index contributed by atoms with van der Waals surface area (Å²) >= 11 is 0. The molecule has 0 rings (SSSR count). The monoisotopic (exact) mass is 160 g/mol. The first kappa shape index (κ1) is 10.1. The van der Waals surface area contributed by atoms with E-state index in [1.165, 1.54) is 6.92 Å². The van der Waals surface area contributed by atoms with Crippen LogP contribution in [0, 0.1) is 0 Å². The minimum atomic E-state index is -0.714. The van der Waals surface area contributed by atoms with Crippen molar-refractivity contribution in [1.29, 1.82) is 0 Å². The highest BCUT2D eigenvalue weighted by Crippen LogP contribution is 2.04. The van der Waals surface area contributed by atoms with Crippen molar-refractivity contribution >= 4 is 5.97 Å². The predicted molar refractivity (Wildman–Crippen MR) is 38.9 cm³/mol. The smallest absolute Gasteiger partial charge is 0.336 e. The van der Waals surface area contributed by atoms with Crippen molar-refractivity contribution in [3.05, 3.63) is 12.2 Å². The lowest BCUT2D eigenvalue weighted by molar-refractivity contribution is -0.264. The number of carbonyl (C=O) groups excluding carboxylic acids is 1. The first-order valence-electron chi connectivity index (χ1n) is 3.29. The van der Waals surface area contributed by atoms with Crippen LogP contribution in [-0.2, 0) is 14.4 Å². The molecule has 0 aliphatic rings. The maximum atomic E-state index is 10.8. The second-order valence-corrected chi connectivity index (χ2v) is 1.99. The van der Waals surface area contributed by atoms with Gasteiger partial charge in [0.15, 0.2) is 0 Å². The first-order chi connectivity index (χ1) is 5.13. The highest BCUT2D eigenvalue weighted by Gasteiger charge is 2.15. The average molecular weight is 160 g/mol. The summed E-state index contributed by atoms with van der Waals surface area (Å²) in [5.74, 6) is -0.547. The van der Waals surface area contributed by atoms with Crippen LogP contribution in [0.3, 0.4) is 0 Å². The van der Waals surface area contributed by atoms with Crippen molar-refractivity contribution in [2.75, 3.05) is 6.61 Å². The Morgan fingerprint density at radius 3 is 2.64 bits per heavy atom. The Bertz CT molecular complexity index is 153. The van der Waals surface area contributed by atoms with Crippen LogP contribution in [0.4, 0.5) is 0 Å². The van der Waals surface area contributed by atoms with Crippen LogP contribution in [0.1, 0.15) is 13.8 Å². The van der Waals surface area contributed by atoms with Gasteiger partial charge in [0, 0.05) is 0 Å². The molecule has 0 aliphatic carbocycles. The quantitative estimate of drug-likeness (QED) is 0.288. The van der Waals surface area contributed by atoms with Gasteiger partial charge in [0.2, 0.25) is 0 Å². The minimum absolute atomic E-state index is 0.106. The predicted octanol–water partition coefficient (Wildman–Crippen LogP) is 0.984. The summed E-state index contributed by atoms with van der Waals surface area (Å²) < 4.78 is 4.60. The van der Waals surface area contributed by atoms with Crippen molar-refractivity contribution in [3.63, 3.8) is 0 Å². The molecular formula is C7H12O4. The van der Waals surface area contributed by atoms with E-state index < -0.39 is 12.1 Å². The first-order valence-corrected chi connectivity index (χ1v) is 3.29. The number of hydrogen-bond acceptors (Lipinski definition) is 4. The molecule has 11 heavy (non-hydrogen) atoms. The number of ether oxygens (including phenoxy) is 1. The topological polar surface area (TPSA) is 55.8 Å². The van der Waals surface area contributed by atoms with Gasteiger partial charge in [-0.1, -0.05) is 6.58 Å². The SMILES string of the molecule is C=C(C(=O)OCC)C(C)OO. The second-order valence-electron chi connectivity index (χ2n) is 1.99. The summed E-state index contributed by atoms with van der Waals surface area (Å²) in [5.41, 5.74) is 0.106. The average Bonchev–Trinajstić information content (AvgIpc) is 2.02. The molecule has 0 fully saturated rings. The summed E-state index contributed by atoms with van der Waals surface area (Å²) in [6.07, 6.45) is -0.714. The molecule has 0 bridgehead atoms. The highest BCUT2D eigenvalue weighted by molar-refractivity contribution is 5.88. The summed E-state index contributed by atoms with van der Waals surface area (Å²) in [6.45, 7) is 6.86. The molecule has 0 radical (unpaired) electrons. The molecule has 4 nitrogen and oxygen atoms in total. The molecule has 1 atom stereocenters. The van der Waals surface area contributed by atoms with E-state index in [1.807, 2.05) is 0 Å². The van der Waals surface area contributed by atoms with E-state index in [9.17, 15) is 4.79 Å². The summed E-state index contributed by atoms with van der Waals surface area (Å²) in [4.78, 5) is 14.7. The van der Waals surface area contributed by atoms with Gasteiger partial charge in [-0.15, -0.1) is 0 Å². The van der Waals surface area contributed by atoms with Crippen molar-refractivity contribution in [3.8, 4) is 0 Å². The molecule has 0 aromatic rings. The molecule has 1 N–H and O–H groups in total. The zero-order chi connectivity index (χ0) is 8.85. The third-order valence-corrected chi connectivity index (χ3v) is 1.19. The molecule has 0 heterocycles. The van der Waals surface area contributed by atoms with Gasteiger partial charge in [-0.3, -0.25) is 5.26 Å². The maximum absolute atomic E-state index is 10.8. The van der Waals surface area contributed by atoms with Crippen LogP contribution in [-0.4, -0.2) is 23.9 Å². The molecule has 64 valence electrons. The molecule has 0 aromatic heterocycles. The van der Waals surface area contributed by atoms with Gasteiger partial charge in [0.25, 0.3) is 0 Å². The molecule has 0 amide bonds. The van der Waals surface area contributed by atoms with Crippen molar-refractivity contribution in [2.45, 2.75) is 20.0 Å². The fourth-order valence-electron chi connectivity index (χ4n) is 0.453. The van der Waals surface area contributed by atoms with E-state index in [0.29, 0.717) is 0 Å². The third-order valence-electron chi connectivity index (χ3n) is 1.19. The van der Waals surface area contributed by atoms with E-state index in [-0.39, 0.29) is 12.2 Å². The van der Waals surface area contributed by atoms with Crippen LogP contribution < -0.4 is 0 Å². The van der Waals surface area contributed by atoms with Crippen LogP contribution >= 0.6 is 0 Å². The van der Waals surface area contributed by atoms with Crippen molar-refractivity contribution in [2.24, 2.45) is 0 Å². The van der Waals surface area contributed by atoms with E-state index in [2.05, 4.69) is 16.2 Å². The van der Waals surface area contributed by atoms with Gasteiger partial charge in [-0.05, 0) is 13.8 Å². The van der Waals surface area contributed by atoms with Gasteiger partial charge in [-0.25, -0.2) is 9.68 Å². The van der Waals surface area contributed by atoms with E-state index in [0.717, 1.165) is 0 Å². The second kappa shape index (κ2) is 4.87. The van der Waals surface area contributed by atoms with Crippen molar-refractivity contribution < 1.29 is 19.7 Å². The standard InChI is InChI=1S/C7H12O4/c1-4-10-7(8)5(2)6(3)11-9/h6,9H,2,4H2,1,3H3. The molecule has 1 unspecified atom stereocenters. The Labute approximate surface area is 65.4 Å². The zero-order valence-electron chi connectivity index (χ0n) is 6.66. The van der Waals surface area contributed by atoms with E-state index in [1.54, 1.807) is 6.92 Å². The van der Waals surface area contributed by atoms with Crippen LogP contribution in [0.5, 0.6) is 0 Å². The summed E-state index contributed by atoms with van der Waals surface area (Å²) in [7, 11) is 0. The molecule has 4 heteroatoms. The van der Waals surface area contributed by atoms with Crippen LogP contribution in [0.25, 0.3) is 0 Å². The fraction of sp³-hybridized carbons (Fsp3) is 0.571. The normalized spacial score (nSPS) is 12.3. The molecular weight excluding hydrogens is 148 g/mol. The lowest BCUT2D eigenvalue weighted by Gasteiger charge is -2.08. The van der Waals surface area contributed by atoms with Gasteiger partial charge in [0.05, 0.1) is 12.2 Å². The van der Waals surface area contributed by atoms with E-state index in [4.69, 9.17) is 5.26 Å². The Kier molecular flexibility index (Phi) is 4.49. The third kappa shape index (κ3) is 3.15. The Morgan fingerprint density at radius 2 is 2.27 bits per heavy atom. The number of rotatable bonds is 4. The van der Waals surface area contributed by atoms with Gasteiger partial charge < -0.3 is 4.74 Å².